The molecule has 0 heterocycles. The van der Waals surface area contributed by atoms with Gasteiger partial charge in [0, 0.05) is 11.3 Å². The SMILES string of the molecule is CCSC1CCC(Nc2ccc(F)cc2N)C1. The third-order valence-electron chi connectivity index (χ3n) is 3.16. The van der Waals surface area contributed by atoms with Crippen molar-refractivity contribution >= 4 is 23.1 Å². The molecule has 2 atom stereocenters. The Hall–Kier alpha value is -0.900. The van der Waals surface area contributed by atoms with E-state index in [1.54, 1.807) is 6.07 Å². The minimum absolute atomic E-state index is 0.279. The molecule has 0 aromatic heterocycles. The van der Waals surface area contributed by atoms with Gasteiger partial charge in [-0.05, 0) is 43.2 Å². The van der Waals surface area contributed by atoms with Gasteiger partial charge < -0.3 is 11.1 Å². The molecule has 1 aliphatic rings. The van der Waals surface area contributed by atoms with Crippen LogP contribution in [-0.4, -0.2) is 17.0 Å². The quantitative estimate of drug-likeness (QED) is 0.808. The van der Waals surface area contributed by atoms with Crippen LogP contribution in [0.15, 0.2) is 18.2 Å². The number of benzene rings is 1. The van der Waals surface area contributed by atoms with Gasteiger partial charge in [0.05, 0.1) is 11.4 Å². The number of nitrogens with one attached hydrogen (secondary N) is 1. The highest BCUT2D eigenvalue weighted by Gasteiger charge is 2.24. The lowest BCUT2D eigenvalue weighted by molar-refractivity contribution is 0.628. The van der Waals surface area contributed by atoms with Crippen LogP contribution < -0.4 is 11.1 Å². The van der Waals surface area contributed by atoms with Gasteiger partial charge in [0.1, 0.15) is 5.82 Å². The first kappa shape index (κ1) is 12.6. The van der Waals surface area contributed by atoms with E-state index in [4.69, 9.17) is 5.73 Å². The summed E-state index contributed by atoms with van der Waals surface area (Å²) in [6.45, 7) is 2.20. The summed E-state index contributed by atoms with van der Waals surface area (Å²) in [5.41, 5.74) is 7.14. The molecule has 1 aromatic carbocycles. The van der Waals surface area contributed by atoms with Gasteiger partial charge in [-0.15, -0.1) is 0 Å². The molecule has 0 radical (unpaired) electrons. The van der Waals surface area contributed by atoms with E-state index in [-0.39, 0.29) is 5.82 Å². The third kappa shape index (κ3) is 3.28. The molecule has 1 aliphatic carbocycles. The van der Waals surface area contributed by atoms with Gasteiger partial charge in [-0.1, -0.05) is 6.92 Å². The molecule has 3 N–H and O–H groups in total. The molecule has 1 saturated carbocycles. The van der Waals surface area contributed by atoms with Crippen molar-refractivity contribution in [3.8, 4) is 0 Å². The fourth-order valence-corrected chi connectivity index (χ4v) is 3.49. The van der Waals surface area contributed by atoms with Crippen molar-refractivity contribution in [1.29, 1.82) is 0 Å². The van der Waals surface area contributed by atoms with E-state index in [1.807, 2.05) is 11.8 Å². The highest BCUT2D eigenvalue weighted by Crippen LogP contribution is 2.32. The van der Waals surface area contributed by atoms with Crippen LogP contribution in [0, 0.1) is 5.82 Å². The summed E-state index contributed by atoms with van der Waals surface area (Å²) >= 11 is 2.03. The summed E-state index contributed by atoms with van der Waals surface area (Å²) in [6.07, 6.45) is 3.61. The van der Waals surface area contributed by atoms with Crippen LogP contribution in [-0.2, 0) is 0 Å². The topological polar surface area (TPSA) is 38.0 Å². The van der Waals surface area contributed by atoms with Gasteiger partial charge >= 0.3 is 0 Å². The molecule has 2 rings (SSSR count). The molecule has 1 aromatic rings. The first-order chi connectivity index (χ1) is 8.19. The van der Waals surface area contributed by atoms with Crippen LogP contribution in [0.1, 0.15) is 26.2 Å². The number of halogens is 1. The van der Waals surface area contributed by atoms with Crippen molar-refractivity contribution in [3.63, 3.8) is 0 Å². The summed E-state index contributed by atoms with van der Waals surface area (Å²) in [5.74, 6) is 0.898. The van der Waals surface area contributed by atoms with Crippen LogP contribution in [0.2, 0.25) is 0 Å². The standard InChI is InChI=1S/C13H19FN2S/c1-2-17-11-5-4-10(8-11)16-13-6-3-9(14)7-12(13)15/h3,6-7,10-11,16H,2,4-5,8,15H2,1H3. The second-order valence-corrected chi connectivity index (χ2v) is 6.04. The average Bonchev–Trinajstić information content (AvgIpc) is 2.71. The fraction of sp³-hybridized carbons (Fsp3) is 0.538. The molecular weight excluding hydrogens is 235 g/mol. The Labute approximate surface area is 106 Å². The number of nitrogen functional groups attached to an aromatic ring is 1. The molecule has 4 heteroatoms. The molecule has 0 bridgehead atoms. The number of anilines is 2. The first-order valence-electron chi connectivity index (χ1n) is 6.12. The summed E-state index contributed by atoms with van der Waals surface area (Å²) in [6, 6.07) is 5.03. The van der Waals surface area contributed by atoms with E-state index in [0.29, 0.717) is 11.7 Å². The van der Waals surface area contributed by atoms with Crippen LogP contribution in [0.25, 0.3) is 0 Å². The fourth-order valence-electron chi connectivity index (χ4n) is 2.34. The second-order valence-electron chi connectivity index (χ2n) is 4.46. The Kier molecular flexibility index (Phi) is 4.15. The van der Waals surface area contributed by atoms with Gasteiger partial charge in [-0.2, -0.15) is 11.8 Å². The molecule has 0 saturated heterocycles. The van der Waals surface area contributed by atoms with E-state index in [2.05, 4.69) is 12.2 Å². The van der Waals surface area contributed by atoms with Crippen LogP contribution in [0.3, 0.4) is 0 Å². The summed E-state index contributed by atoms with van der Waals surface area (Å²) in [7, 11) is 0. The number of thioether (sulfide) groups is 1. The monoisotopic (exact) mass is 254 g/mol. The molecule has 94 valence electrons. The summed E-state index contributed by atoms with van der Waals surface area (Å²) < 4.78 is 12.9. The van der Waals surface area contributed by atoms with Gasteiger partial charge in [-0.3, -0.25) is 0 Å². The van der Waals surface area contributed by atoms with E-state index < -0.39 is 0 Å². The van der Waals surface area contributed by atoms with Crippen molar-refractivity contribution in [1.82, 2.24) is 0 Å². The minimum atomic E-state index is -0.279. The number of nitrogens with two attached hydrogens (primary N) is 1. The van der Waals surface area contributed by atoms with Crippen LogP contribution >= 0.6 is 11.8 Å². The maximum atomic E-state index is 12.9. The Morgan fingerprint density at radius 1 is 1.47 bits per heavy atom. The molecule has 1 fully saturated rings. The number of rotatable bonds is 4. The average molecular weight is 254 g/mol. The maximum absolute atomic E-state index is 12.9. The molecule has 0 spiro atoms. The predicted octanol–water partition coefficient (Wildman–Crippen LogP) is 3.49. The number of hydrogen-bond acceptors (Lipinski definition) is 3. The van der Waals surface area contributed by atoms with Crippen molar-refractivity contribution in [2.24, 2.45) is 0 Å². The lowest BCUT2D eigenvalue weighted by atomic mass is 10.2. The maximum Gasteiger partial charge on any atom is 0.125 e. The Bertz CT molecular complexity index is 384. The van der Waals surface area contributed by atoms with Crippen LogP contribution in [0.4, 0.5) is 15.8 Å². The zero-order valence-electron chi connectivity index (χ0n) is 10.1. The van der Waals surface area contributed by atoms with Gasteiger partial charge in [-0.25, -0.2) is 4.39 Å². The van der Waals surface area contributed by atoms with E-state index in [9.17, 15) is 4.39 Å². The Morgan fingerprint density at radius 2 is 2.29 bits per heavy atom. The van der Waals surface area contributed by atoms with Gasteiger partial charge in [0.25, 0.3) is 0 Å². The molecular formula is C13H19FN2S. The normalized spacial score (nSPS) is 23.9. The Balaban J connectivity index is 1.93. The lowest BCUT2D eigenvalue weighted by Crippen LogP contribution is -2.17. The highest BCUT2D eigenvalue weighted by atomic mass is 32.2. The van der Waals surface area contributed by atoms with Crippen LogP contribution in [0.5, 0.6) is 0 Å². The number of hydrogen-bond donors (Lipinski definition) is 2. The van der Waals surface area contributed by atoms with Crippen molar-refractivity contribution in [2.75, 3.05) is 16.8 Å². The first-order valence-corrected chi connectivity index (χ1v) is 7.17. The molecule has 2 unspecified atom stereocenters. The zero-order chi connectivity index (χ0) is 12.3. The van der Waals surface area contributed by atoms with Crippen molar-refractivity contribution < 1.29 is 4.39 Å². The Morgan fingerprint density at radius 3 is 3.00 bits per heavy atom. The molecule has 0 amide bonds. The molecule has 2 nitrogen and oxygen atoms in total. The van der Waals surface area contributed by atoms with Gasteiger partial charge in [0.2, 0.25) is 0 Å². The van der Waals surface area contributed by atoms with Crippen molar-refractivity contribution in [2.45, 2.75) is 37.5 Å². The largest absolute Gasteiger partial charge is 0.397 e. The third-order valence-corrected chi connectivity index (χ3v) is 4.39. The zero-order valence-corrected chi connectivity index (χ0v) is 10.9. The van der Waals surface area contributed by atoms with E-state index in [0.717, 1.165) is 10.9 Å². The van der Waals surface area contributed by atoms with Crippen molar-refractivity contribution in [3.05, 3.63) is 24.0 Å². The predicted molar refractivity (Wildman–Crippen MR) is 74.0 cm³/mol. The second kappa shape index (κ2) is 5.63. The highest BCUT2D eigenvalue weighted by molar-refractivity contribution is 7.99. The molecule has 17 heavy (non-hydrogen) atoms. The van der Waals surface area contributed by atoms with E-state index in [1.165, 1.54) is 37.1 Å². The van der Waals surface area contributed by atoms with E-state index >= 15 is 0 Å². The summed E-state index contributed by atoms with van der Waals surface area (Å²) in [5, 5.41) is 4.18. The van der Waals surface area contributed by atoms with Gasteiger partial charge in [0.15, 0.2) is 0 Å². The summed E-state index contributed by atoms with van der Waals surface area (Å²) in [4.78, 5) is 0. The minimum Gasteiger partial charge on any atom is -0.397 e. The molecule has 0 aliphatic heterocycles. The lowest BCUT2D eigenvalue weighted by Gasteiger charge is -2.16. The smallest absolute Gasteiger partial charge is 0.125 e.